The number of nitrogens with one attached hydrogen (secondary N) is 1. The maximum absolute atomic E-state index is 13.5. The van der Waals surface area contributed by atoms with Gasteiger partial charge in [0.25, 0.3) is 5.56 Å². The number of aliphatic imine (C=N–C) groups is 1. The highest BCUT2D eigenvalue weighted by Gasteiger charge is 2.49. The van der Waals surface area contributed by atoms with Crippen LogP contribution in [0, 0.1) is 23.8 Å². The SMILES string of the molecule is Cc1c(CN2CCNC2=NC#N)sc2c1c(=O)n(C1CC3(CCC3)C1)c(=O)n2CCC(F)(F)F. The van der Waals surface area contributed by atoms with Gasteiger partial charge in [0.15, 0.2) is 0 Å². The zero-order valence-corrected chi connectivity index (χ0v) is 19.6. The summed E-state index contributed by atoms with van der Waals surface area (Å²) in [6, 6.07) is -0.262. The molecule has 0 unspecified atom stereocenters. The fourth-order valence-corrected chi connectivity index (χ4v) is 6.86. The number of aryl methyl sites for hydroxylation is 2. The van der Waals surface area contributed by atoms with Crippen molar-refractivity contribution in [3.05, 3.63) is 31.3 Å². The van der Waals surface area contributed by atoms with Crippen LogP contribution in [-0.4, -0.2) is 39.3 Å². The van der Waals surface area contributed by atoms with Gasteiger partial charge in [-0.2, -0.15) is 18.4 Å². The summed E-state index contributed by atoms with van der Waals surface area (Å²) in [5.41, 5.74) is -0.187. The summed E-state index contributed by atoms with van der Waals surface area (Å²) in [5.74, 6) is 0.423. The van der Waals surface area contributed by atoms with Gasteiger partial charge in [-0.15, -0.1) is 16.3 Å². The summed E-state index contributed by atoms with van der Waals surface area (Å²) < 4.78 is 41.6. The van der Waals surface area contributed by atoms with Crippen LogP contribution < -0.4 is 16.6 Å². The third kappa shape index (κ3) is 3.79. The van der Waals surface area contributed by atoms with Crippen LogP contribution in [0.1, 0.15) is 55.0 Å². The van der Waals surface area contributed by atoms with Crippen molar-refractivity contribution in [2.45, 2.75) is 70.8 Å². The molecule has 0 amide bonds. The van der Waals surface area contributed by atoms with Gasteiger partial charge in [-0.05, 0) is 43.6 Å². The quantitative estimate of drug-likeness (QED) is 0.644. The maximum Gasteiger partial charge on any atom is 0.390 e. The Morgan fingerprint density at radius 3 is 2.65 bits per heavy atom. The van der Waals surface area contributed by atoms with Crippen molar-refractivity contribution in [2.24, 2.45) is 10.4 Å². The second-order valence-electron chi connectivity index (χ2n) is 9.60. The van der Waals surface area contributed by atoms with Crippen molar-refractivity contribution in [2.75, 3.05) is 13.1 Å². The molecule has 0 radical (unpaired) electrons. The first-order chi connectivity index (χ1) is 16.1. The molecule has 182 valence electrons. The van der Waals surface area contributed by atoms with Gasteiger partial charge in [-0.3, -0.25) is 13.9 Å². The number of rotatable bonds is 5. The van der Waals surface area contributed by atoms with Crippen molar-refractivity contribution in [1.29, 1.82) is 5.26 Å². The van der Waals surface area contributed by atoms with Crippen molar-refractivity contribution < 1.29 is 13.2 Å². The Labute approximate surface area is 197 Å². The number of nitrogens with zero attached hydrogens (tertiary/aromatic N) is 5. The number of guanidine groups is 1. The standard InChI is InChI=1S/C22H25F3N6O2S/c1-13-15(11-29-8-6-27-19(29)28-12-26)34-18-16(13)17(32)31(14-9-21(10-14)3-2-4-21)20(33)30(18)7-5-22(23,24)25/h14H,2-11H2,1H3,(H,27,28). The van der Waals surface area contributed by atoms with Gasteiger partial charge in [0, 0.05) is 30.6 Å². The molecule has 3 aliphatic rings. The van der Waals surface area contributed by atoms with Gasteiger partial charge < -0.3 is 10.2 Å². The lowest BCUT2D eigenvalue weighted by atomic mass is 9.54. The van der Waals surface area contributed by atoms with E-state index in [1.807, 2.05) is 4.90 Å². The van der Waals surface area contributed by atoms with Gasteiger partial charge in [0.1, 0.15) is 4.83 Å². The molecule has 2 aromatic heterocycles. The Kier molecular flexibility index (Phi) is 5.50. The molecule has 2 aliphatic carbocycles. The van der Waals surface area contributed by atoms with Gasteiger partial charge in [0.2, 0.25) is 12.2 Å². The monoisotopic (exact) mass is 494 g/mol. The Morgan fingerprint density at radius 2 is 2.03 bits per heavy atom. The summed E-state index contributed by atoms with van der Waals surface area (Å²) in [5, 5.41) is 12.2. The van der Waals surface area contributed by atoms with E-state index in [0.29, 0.717) is 36.5 Å². The Morgan fingerprint density at radius 1 is 1.29 bits per heavy atom. The van der Waals surface area contributed by atoms with Crippen LogP contribution >= 0.6 is 11.3 Å². The fraction of sp³-hybridized carbons (Fsp3) is 0.636. The van der Waals surface area contributed by atoms with E-state index in [1.54, 1.807) is 13.1 Å². The number of nitriles is 1. The van der Waals surface area contributed by atoms with E-state index in [4.69, 9.17) is 5.26 Å². The van der Waals surface area contributed by atoms with Crippen LogP contribution in [0.25, 0.3) is 10.2 Å². The highest BCUT2D eigenvalue weighted by Crippen LogP contribution is 2.59. The van der Waals surface area contributed by atoms with Crippen molar-refractivity contribution >= 4 is 27.5 Å². The molecule has 3 fully saturated rings. The van der Waals surface area contributed by atoms with E-state index in [9.17, 15) is 22.8 Å². The number of hydrogen-bond donors (Lipinski definition) is 1. The van der Waals surface area contributed by atoms with Crippen LogP contribution in [0.3, 0.4) is 0 Å². The van der Waals surface area contributed by atoms with Crippen molar-refractivity contribution in [3.8, 4) is 6.19 Å². The molecule has 34 heavy (non-hydrogen) atoms. The normalized spacial score (nSPS) is 21.0. The van der Waals surface area contributed by atoms with E-state index in [2.05, 4.69) is 10.3 Å². The number of alkyl halides is 3. The molecule has 12 heteroatoms. The van der Waals surface area contributed by atoms with E-state index >= 15 is 0 Å². The van der Waals surface area contributed by atoms with E-state index in [0.717, 1.165) is 41.5 Å². The second kappa shape index (κ2) is 8.15. The lowest BCUT2D eigenvalue weighted by Crippen LogP contribution is -2.51. The molecule has 3 heterocycles. The van der Waals surface area contributed by atoms with Gasteiger partial charge in [-0.1, -0.05) is 6.42 Å². The topological polar surface area (TPSA) is 95.4 Å². The number of thiophene rings is 1. The molecular weight excluding hydrogens is 469 g/mol. The number of aromatic nitrogens is 2. The summed E-state index contributed by atoms with van der Waals surface area (Å²) >= 11 is 1.17. The predicted molar refractivity (Wildman–Crippen MR) is 122 cm³/mol. The van der Waals surface area contributed by atoms with Crippen LogP contribution in [-0.2, 0) is 13.1 Å². The van der Waals surface area contributed by atoms with Crippen LogP contribution in [0.4, 0.5) is 13.2 Å². The predicted octanol–water partition coefficient (Wildman–Crippen LogP) is 3.23. The average Bonchev–Trinajstić information content (AvgIpc) is 3.26. The zero-order chi connectivity index (χ0) is 24.3. The van der Waals surface area contributed by atoms with Crippen LogP contribution in [0.2, 0.25) is 0 Å². The molecule has 5 rings (SSSR count). The highest BCUT2D eigenvalue weighted by atomic mass is 32.1. The van der Waals surface area contributed by atoms with Crippen molar-refractivity contribution in [3.63, 3.8) is 0 Å². The Balaban J connectivity index is 1.59. The minimum atomic E-state index is -4.42. The fourth-order valence-electron chi connectivity index (χ4n) is 5.53. The first-order valence-corrected chi connectivity index (χ1v) is 12.2. The Hall–Kier alpha value is -2.81. The van der Waals surface area contributed by atoms with Crippen LogP contribution in [0.15, 0.2) is 14.6 Å². The average molecular weight is 495 g/mol. The molecule has 1 saturated heterocycles. The van der Waals surface area contributed by atoms with E-state index in [-0.39, 0.29) is 16.3 Å². The smallest absolute Gasteiger partial charge is 0.354 e. The first-order valence-electron chi connectivity index (χ1n) is 11.4. The summed E-state index contributed by atoms with van der Waals surface area (Å²) in [6.07, 6.45) is 0.971. The van der Waals surface area contributed by atoms with Gasteiger partial charge >= 0.3 is 11.9 Å². The molecule has 2 saturated carbocycles. The minimum absolute atomic E-state index is 0.205. The summed E-state index contributed by atoms with van der Waals surface area (Å²) in [4.78, 5) is 33.6. The van der Waals surface area contributed by atoms with Gasteiger partial charge in [0.05, 0.1) is 18.4 Å². The highest BCUT2D eigenvalue weighted by molar-refractivity contribution is 7.18. The van der Waals surface area contributed by atoms with Crippen LogP contribution in [0.5, 0.6) is 0 Å². The zero-order valence-electron chi connectivity index (χ0n) is 18.7. The summed E-state index contributed by atoms with van der Waals surface area (Å²) in [6.45, 7) is 2.80. The lowest BCUT2D eigenvalue weighted by Gasteiger charge is -2.54. The first kappa shape index (κ1) is 23.0. The minimum Gasteiger partial charge on any atom is -0.354 e. The molecular formula is C22H25F3N6O2S. The number of hydrogen-bond acceptors (Lipinski definition) is 5. The van der Waals surface area contributed by atoms with Gasteiger partial charge in [-0.25, -0.2) is 4.79 Å². The summed E-state index contributed by atoms with van der Waals surface area (Å²) in [7, 11) is 0. The molecule has 1 spiro atoms. The lowest BCUT2D eigenvalue weighted by molar-refractivity contribution is -0.136. The largest absolute Gasteiger partial charge is 0.390 e. The Bertz CT molecular complexity index is 1320. The molecule has 2 aromatic rings. The second-order valence-corrected chi connectivity index (χ2v) is 10.7. The molecule has 0 bridgehead atoms. The molecule has 1 N–H and O–H groups in total. The molecule has 0 atom stereocenters. The number of halogens is 3. The number of fused-ring (bicyclic) bond motifs is 1. The third-order valence-corrected chi connectivity index (χ3v) is 8.83. The van der Waals surface area contributed by atoms with Crippen molar-refractivity contribution in [1.82, 2.24) is 19.4 Å². The third-order valence-electron chi connectivity index (χ3n) is 7.53. The van der Waals surface area contributed by atoms with E-state index in [1.165, 1.54) is 15.9 Å². The van der Waals surface area contributed by atoms with E-state index < -0.39 is 30.4 Å². The molecule has 0 aromatic carbocycles. The maximum atomic E-state index is 13.5. The molecule has 8 nitrogen and oxygen atoms in total. The molecule has 1 aliphatic heterocycles.